The molecule has 68 valence electrons. The maximum absolute atomic E-state index is 5.21. The van der Waals surface area contributed by atoms with Crippen molar-refractivity contribution in [2.75, 3.05) is 12.5 Å². The zero-order valence-electron chi connectivity index (χ0n) is 7.00. The third-order valence-corrected chi connectivity index (χ3v) is 1.51. The number of aromatic nitrogens is 1. The summed E-state index contributed by atoms with van der Waals surface area (Å²) in [4.78, 5) is 3.99. The van der Waals surface area contributed by atoms with Crippen LogP contribution in [0.25, 0.3) is 0 Å². The summed E-state index contributed by atoms with van der Waals surface area (Å²) in [5.41, 5.74) is 3.39. The van der Waals surface area contributed by atoms with Gasteiger partial charge >= 0.3 is 0 Å². The molecule has 0 aliphatic heterocycles. The first kappa shape index (κ1) is 11.0. The first-order valence-corrected chi connectivity index (χ1v) is 3.25. The van der Waals surface area contributed by atoms with Crippen molar-refractivity contribution in [3.8, 4) is 5.75 Å². The molecule has 12 heavy (non-hydrogen) atoms. The monoisotopic (exact) mass is 189 g/mol. The van der Waals surface area contributed by atoms with Gasteiger partial charge in [-0.1, -0.05) is 0 Å². The molecule has 0 bridgehead atoms. The topological polar surface area (TPSA) is 60.2 Å². The van der Waals surface area contributed by atoms with Gasteiger partial charge in [0.15, 0.2) is 0 Å². The first-order valence-electron chi connectivity index (χ1n) is 3.25. The number of methoxy groups -OCH3 is 1. The van der Waals surface area contributed by atoms with Crippen LogP contribution >= 0.6 is 12.4 Å². The highest BCUT2D eigenvalue weighted by molar-refractivity contribution is 5.85. The molecule has 0 unspecified atom stereocenters. The van der Waals surface area contributed by atoms with E-state index in [1.54, 1.807) is 19.4 Å². The molecule has 0 fully saturated rings. The number of nitrogen functional groups attached to an aromatic ring is 1. The number of nitrogens with zero attached hydrogens (tertiary/aromatic N) is 1. The third kappa shape index (κ3) is 1.99. The Morgan fingerprint density at radius 1 is 1.58 bits per heavy atom. The Morgan fingerprint density at radius 2 is 2.25 bits per heavy atom. The van der Waals surface area contributed by atoms with E-state index in [9.17, 15) is 0 Å². The van der Waals surface area contributed by atoms with Crippen LogP contribution in [-0.4, -0.2) is 12.1 Å². The molecule has 4 nitrogen and oxygen atoms in total. The zero-order valence-corrected chi connectivity index (χ0v) is 7.81. The molecule has 0 amide bonds. The Morgan fingerprint density at radius 3 is 2.75 bits per heavy atom. The van der Waals surface area contributed by atoms with Crippen LogP contribution in [0.3, 0.4) is 0 Å². The van der Waals surface area contributed by atoms with Crippen LogP contribution in [0.2, 0.25) is 0 Å². The van der Waals surface area contributed by atoms with Crippen molar-refractivity contribution in [2.45, 2.75) is 6.92 Å². The lowest BCUT2D eigenvalue weighted by atomic mass is 10.2. The van der Waals surface area contributed by atoms with Gasteiger partial charge in [0.2, 0.25) is 0 Å². The average molecular weight is 190 g/mol. The predicted molar refractivity (Wildman–Crippen MR) is 50.6 cm³/mol. The van der Waals surface area contributed by atoms with Crippen LogP contribution < -0.4 is 16.0 Å². The van der Waals surface area contributed by atoms with Gasteiger partial charge in [-0.2, -0.15) is 0 Å². The number of ether oxygens (including phenoxy) is 1. The summed E-state index contributed by atoms with van der Waals surface area (Å²) in [5, 5.41) is 0. The van der Waals surface area contributed by atoms with E-state index in [4.69, 9.17) is 10.6 Å². The van der Waals surface area contributed by atoms with Gasteiger partial charge in [-0.25, -0.2) is 10.8 Å². The number of halogens is 1. The molecule has 0 aliphatic rings. The van der Waals surface area contributed by atoms with E-state index in [1.807, 2.05) is 6.92 Å². The third-order valence-electron chi connectivity index (χ3n) is 1.51. The van der Waals surface area contributed by atoms with Crippen molar-refractivity contribution in [3.05, 3.63) is 17.8 Å². The lowest BCUT2D eigenvalue weighted by Gasteiger charge is -2.07. The van der Waals surface area contributed by atoms with Crippen LogP contribution in [0.4, 0.5) is 5.82 Å². The van der Waals surface area contributed by atoms with Crippen molar-refractivity contribution in [3.63, 3.8) is 0 Å². The molecular formula is C7H12ClN3O. The molecule has 1 rings (SSSR count). The van der Waals surface area contributed by atoms with Crippen molar-refractivity contribution >= 4 is 18.2 Å². The second-order valence-electron chi connectivity index (χ2n) is 2.13. The number of anilines is 1. The number of rotatable bonds is 2. The zero-order chi connectivity index (χ0) is 8.27. The highest BCUT2D eigenvalue weighted by Gasteiger charge is 2.02. The summed E-state index contributed by atoms with van der Waals surface area (Å²) in [6.07, 6.45) is 1.64. The minimum Gasteiger partial charge on any atom is -0.496 e. The fourth-order valence-corrected chi connectivity index (χ4v) is 0.885. The van der Waals surface area contributed by atoms with Gasteiger partial charge in [-0.3, -0.25) is 0 Å². The van der Waals surface area contributed by atoms with Gasteiger partial charge in [-0.05, 0) is 13.0 Å². The Balaban J connectivity index is 0.00000121. The minimum absolute atomic E-state index is 0. The Bertz CT molecular complexity index is 232. The normalized spacial score (nSPS) is 8.58. The van der Waals surface area contributed by atoms with Crippen molar-refractivity contribution < 1.29 is 4.74 Å². The SMILES string of the molecule is COc1ccnc(NN)c1C.Cl. The second-order valence-corrected chi connectivity index (χ2v) is 2.13. The van der Waals surface area contributed by atoms with Gasteiger partial charge in [0, 0.05) is 11.8 Å². The van der Waals surface area contributed by atoms with Crippen molar-refractivity contribution in [1.82, 2.24) is 4.98 Å². The predicted octanol–water partition coefficient (Wildman–Crippen LogP) is 1.11. The van der Waals surface area contributed by atoms with Gasteiger partial charge in [0.1, 0.15) is 11.6 Å². The molecule has 1 heterocycles. The molecular weight excluding hydrogens is 178 g/mol. The molecule has 0 aliphatic carbocycles. The number of hydrogen-bond donors (Lipinski definition) is 2. The fraction of sp³-hybridized carbons (Fsp3) is 0.286. The van der Waals surface area contributed by atoms with Gasteiger partial charge in [0.05, 0.1) is 7.11 Å². The summed E-state index contributed by atoms with van der Waals surface area (Å²) in [7, 11) is 1.61. The number of nitrogens with one attached hydrogen (secondary N) is 1. The fourth-order valence-electron chi connectivity index (χ4n) is 0.885. The minimum atomic E-state index is 0. The molecule has 0 radical (unpaired) electrons. The number of nitrogens with two attached hydrogens (primary N) is 1. The van der Waals surface area contributed by atoms with Crippen molar-refractivity contribution in [2.24, 2.45) is 5.84 Å². The van der Waals surface area contributed by atoms with Crippen LogP contribution in [-0.2, 0) is 0 Å². The number of hydrazine groups is 1. The number of pyridine rings is 1. The smallest absolute Gasteiger partial charge is 0.146 e. The van der Waals surface area contributed by atoms with Gasteiger partial charge < -0.3 is 10.2 Å². The van der Waals surface area contributed by atoms with E-state index >= 15 is 0 Å². The molecule has 1 aromatic heterocycles. The van der Waals surface area contributed by atoms with E-state index < -0.39 is 0 Å². The van der Waals surface area contributed by atoms with E-state index in [-0.39, 0.29) is 12.4 Å². The molecule has 0 spiro atoms. The van der Waals surface area contributed by atoms with Gasteiger partial charge in [0.25, 0.3) is 0 Å². The van der Waals surface area contributed by atoms with Crippen LogP contribution in [0.5, 0.6) is 5.75 Å². The molecule has 0 saturated carbocycles. The van der Waals surface area contributed by atoms with E-state index in [1.165, 1.54) is 0 Å². The summed E-state index contributed by atoms with van der Waals surface area (Å²) in [6, 6.07) is 1.79. The summed E-state index contributed by atoms with van der Waals surface area (Å²) in [5.74, 6) is 6.63. The Labute approximate surface area is 77.5 Å². The quantitative estimate of drug-likeness (QED) is 0.541. The summed E-state index contributed by atoms with van der Waals surface area (Å²) >= 11 is 0. The summed E-state index contributed by atoms with van der Waals surface area (Å²) in [6.45, 7) is 1.89. The molecule has 3 N–H and O–H groups in total. The maximum atomic E-state index is 5.21. The van der Waals surface area contributed by atoms with Crippen LogP contribution in [0.1, 0.15) is 5.56 Å². The standard InChI is InChI=1S/C7H11N3O.ClH/c1-5-6(11-2)3-4-9-7(5)10-8;/h3-4H,8H2,1-2H3,(H,9,10);1H. The number of hydrogen-bond acceptors (Lipinski definition) is 4. The van der Waals surface area contributed by atoms with Crippen LogP contribution in [0.15, 0.2) is 12.3 Å². The molecule has 0 saturated heterocycles. The highest BCUT2D eigenvalue weighted by atomic mass is 35.5. The van der Waals surface area contributed by atoms with E-state index in [0.29, 0.717) is 5.82 Å². The second kappa shape index (κ2) is 4.79. The largest absolute Gasteiger partial charge is 0.496 e. The summed E-state index contributed by atoms with van der Waals surface area (Å²) < 4.78 is 5.05. The van der Waals surface area contributed by atoms with E-state index in [2.05, 4.69) is 10.4 Å². The van der Waals surface area contributed by atoms with Crippen molar-refractivity contribution in [1.29, 1.82) is 0 Å². The van der Waals surface area contributed by atoms with Gasteiger partial charge in [-0.15, -0.1) is 12.4 Å². The highest BCUT2D eigenvalue weighted by Crippen LogP contribution is 2.21. The molecule has 0 aromatic carbocycles. The molecule has 5 heteroatoms. The lowest BCUT2D eigenvalue weighted by Crippen LogP contribution is -2.10. The van der Waals surface area contributed by atoms with Crippen LogP contribution in [0, 0.1) is 6.92 Å². The first-order chi connectivity index (χ1) is 5.29. The lowest BCUT2D eigenvalue weighted by molar-refractivity contribution is 0.411. The average Bonchev–Trinajstić information content (AvgIpc) is 2.05. The molecule has 0 atom stereocenters. The Kier molecular flexibility index (Phi) is 4.39. The van der Waals surface area contributed by atoms with E-state index in [0.717, 1.165) is 11.3 Å². The maximum Gasteiger partial charge on any atom is 0.146 e. The Hall–Kier alpha value is -1.00. The molecule has 1 aromatic rings.